The maximum atomic E-state index is 12.7. The summed E-state index contributed by atoms with van der Waals surface area (Å²) in [4.78, 5) is 12.5. The Balaban J connectivity index is 2.08. The Morgan fingerprint density at radius 3 is 2.61 bits per heavy atom. The van der Waals surface area contributed by atoms with Gasteiger partial charge in [-0.3, -0.25) is 0 Å². The first-order chi connectivity index (χ1) is 10.9. The molecule has 0 saturated carbocycles. The van der Waals surface area contributed by atoms with Crippen LogP contribution < -0.4 is 0 Å². The molecule has 0 saturated heterocycles. The van der Waals surface area contributed by atoms with Crippen LogP contribution in [-0.2, 0) is 6.18 Å². The summed E-state index contributed by atoms with van der Waals surface area (Å²) in [7, 11) is 0. The van der Waals surface area contributed by atoms with E-state index in [1.807, 2.05) is 0 Å². The second-order valence-corrected chi connectivity index (χ2v) is 6.30. The van der Waals surface area contributed by atoms with Gasteiger partial charge in [0.05, 0.1) is 5.69 Å². The van der Waals surface area contributed by atoms with E-state index < -0.39 is 11.9 Å². The van der Waals surface area contributed by atoms with Gasteiger partial charge >= 0.3 is 6.18 Å². The molecule has 23 heavy (non-hydrogen) atoms. The quantitative estimate of drug-likeness (QED) is 0.680. The summed E-state index contributed by atoms with van der Waals surface area (Å²) in [6.07, 6.45) is -4.50. The molecule has 9 heteroatoms. The average Bonchev–Trinajstić information content (AvgIpc) is 3.15. The molecule has 3 heterocycles. The zero-order valence-corrected chi connectivity index (χ0v) is 13.2. The fourth-order valence-electron chi connectivity index (χ4n) is 1.91. The molecular formula is C14H7F3N4S2. The van der Waals surface area contributed by atoms with Crippen molar-refractivity contribution in [2.75, 3.05) is 0 Å². The lowest BCUT2D eigenvalue weighted by molar-refractivity contribution is -0.140. The van der Waals surface area contributed by atoms with Gasteiger partial charge in [-0.15, -0.1) is 22.7 Å². The molecule has 0 aromatic carbocycles. The van der Waals surface area contributed by atoms with Gasteiger partial charge in [0.15, 0.2) is 16.5 Å². The van der Waals surface area contributed by atoms with Crippen molar-refractivity contribution >= 4 is 22.7 Å². The number of thiazole rings is 1. The van der Waals surface area contributed by atoms with Gasteiger partial charge in [-0.05, 0) is 24.4 Å². The third kappa shape index (κ3) is 3.09. The molecule has 0 aliphatic carbocycles. The molecule has 0 aliphatic heterocycles. The van der Waals surface area contributed by atoms with Crippen LogP contribution in [-0.4, -0.2) is 15.0 Å². The van der Waals surface area contributed by atoms with Crippen molar-refractivity contribution in [2.24, 2.45) is 0 Å². The second-order valence-electron chi connectivity index (χ2n) is 4.53. The van der Waals surface area contributed by atoms with Crippen molar-refractivity contribution in [1.29, 1.82) is 5.26 Å². The molecule has 0 bridgehead atoms. The van der Waals surface area contributed by atoms with Crippen molar-refractivity contribution in [3.8, 4) is 28.2 Å². The molecule has 116 valence electrons. The molecule has 0 radical (unpaired) electrons. The van der Waals surface area contributed by atoms with Gasteiger partial charge in [-0.25, -0.2) is 15.0 Å². The zero-order chi connectivity index (χ0) is 16.6. The summed E-state index contributed by atoms with van der Waals surface area (Å²) in [5.74, 6) is 0.121. The minimum atomic E-state index is -4.50. The summed E-state index contributed by atoms with van der Waals surface area (Å²) < 4.78 is 38.0. The van der Waals surface area contributed by atoms with Gasteiger partial charge in [0.25, 0.3) is 0 Å². The number of alkyl halides is 3. The molecule has 0 atom stereocenters. The van der Waals surface area contributed by atoms with E-state index in [2.05, 4.69) is 21.0 Å². The fraction of sp³-hybridized carbons (Fsp3) is 0.143. The number of nitrogens with zero attached hydrogens (tertiary/aromatic N) is 4. The highest BCUT2D eigenvalue weighted by Gasteiger charge is 2.34. The van der Waals surface area contributed by atoms with E-state index in [1.165, 1.54) is 11.3 Å². The second kappa shape index (κ2) is 5.72. The highest BCUT2D eigenvalue weighted by molar-refractivity contribution is 7.13. The van der Waals surface area contributed by atoms with Crippen molar-refractivity contribution in [1.82, 2.24) is 15.0 Å². The number of hydrogen-bond acceptors (Lipinski definition) is 6. The predicted octanol–water partition coefficient (Wildman–Crippen LogP) is 4.53. The topological polar surface area (TPSA) is 62.5 Å². The van der Waals surface area contributed by atoms with E-state index in [9.17, 15) is 13.2 Å². The summed E-state index contributed by atoms with van der Waals surface area (Å²) in [6, 6.07) is 5.51. The minimum absolute atomic E-state index is 0.0935. The van der Waals surface area contributed by atoms with Crippen LogP contribution in [0, 0.1) is 18.3 Å². The third-order valence-electron chi connectivity index (χ3n) is 2.88. The normalized spacial score (nSPS) is 11.4. The number of halogens is 3. The van der Waals surface area contributed by atoms with Crippen LogP contribution in [0.2, 0.25) is 0 Å². The molecule has 3 aromatic rings. The predicted molar refractivity (Wildman–Crippen MR) is 80.9 cm³/mol. The van der Waals surface area contributed by atoms with Gasteiger partial charge in [0, 0.05) is 16.6 Å². The summed E-state index contributed by atoms with van der Waals surface area (Å²) in [5.41, 5.74) is 0.757. The van der Waals surface area contributed by atoms with Crippen LogP contribution in [0.3, 0.4) is 0 Å². The molecule has 3 rings (SSSR count). The molecule has 4 nitrogen and oxygen atoms in total. The first kappa shape index (κ1) is 15.6. The van der Waals surface area contributed by atoms with Gasteiger partial charge in [0.2, 0.25) is 0 Å². The Kier molecular flexibility index (Phi) is 3.87. The molecular weight excluding hydrogens is 345 g/mol. The van der Waals surface area contributed by atoms with E-state index >= 15 is 0 Å². The lowest BCUT2D eigenvalue weighted by atomic mass is 10.1. The number of aryl methyl sites for hydroxylation is 1. The number of hydrogen-bond donors (Lipinski definition) is 0. The summed E-state index contributed by atoms with van der Waals surface area (Å²) in [5, 5.41) is 11.9. The Bertz CT molecular complexity index is 905. The van der Waals surface area contributed by atoms with Crippen LogP contribution in [0.25, 0.3) is 22.1 Å². The van der Waals surface area contributed by atoms with E-state index in [0.29, 0.717) is 21.8 Å². The number of aromatic nitrogens is 3. The lowest BCUT2D eigenvalue weighted by Gasteiger charge is -2.04. The molecule has 0 fully saturated rings. The van der Waals surface area contributed by atoms with Gasteiger partial charge < -0.3 is 0 Å². The van der Waals surface area contributed by atoms with Crippen LogP contribution in [0.1, 0.15) is 16.3 Å². The largest absolute Gasteiger partial charge is 0.434 e. The number of rotatable bonds is 2. The Morgan fingerprint density at radius 1 is 1.17 bits per heavy atom. The van der Waals surface area contributed by atoms with Crippen molar-refractivity contribution in [2.45, 2.75) is 13.1 Å². The zero-order valence-electron chi connectivity index (χ0n) is 11.5. The average molecular weight is 352 g/mol. The van der Waals surface area contributed by atoms with Gasteiger partial charge in [-0.2, -0.15) is 18.4 Å². The molecule has 0 spiro atoms. The standard InChI is InChI=1S/C14H7F3N4S2/c1-7-4-9(8-2-3-22-10(8)5-18)20-12(19-7)13-21-11(6-23-13)14(15,16)17/h2-4,6H,1H3. The summed E-state index contributed by atoms with van der Waals surface area (Å²) >= 11 is 2.11. The highest BCUT2D eigenvalue weighted by atomic mass is 32.1. The van der Waals surface area contributed by atoms with Crippen molar-refractivity contribution in [3.63, 3.8) is 0 Å². The van der Waals surface area contributed by atoms with E-state index in [1.54, 1.807) is 24.4 Å². The smallest absolute Gasteiger partial charge is 0.231 e. The maximum Gasteiger partial charge on any atom is 0.434 e. The third-order valence-corrected chi connectivity index (χ3v) is 4.54. The Morgan fingerprint density at radius 2 is 1.96 bits per heavy atom. The minimum Gasteiger partial charge on any atom is -0.231 e. The first-order valence-corrected chi connectivity index (χ1v) is 8.01. The number of thiophene rings is 1. The van der Waals surface area contributed by atoms with Crippen molar-refractivity contribution in [3.05, 3.63) is 39.2 Å². The lowest BCUT2D eigenvalue weighted by Crippen LogP contribution is -2.05. The maximum absolute atomic E-state index is 12.7. The van der Waals surface area contributed by atoms with Crippen LogP contribution >= 0.6 is 22.7 Å². The number of nitriles is 1. The molecule has 0 unspecified atom stereocenters. The first-order valence-electron chi connectivity index (χ1n) is 6.25. The van der Waals surface area contributed by atoms with Gasteiger partial charge in [0.1, 0.15) is 10.9 Å². The van der Waals surface area contributed by atoms with Crippen LogP contribution in [0.4, 0.5) is 13.2 Å². The molecule has 0 aliphatic rings. The highest BCUT2D eigenvalue weighted by Crippen LogP contribution is 2.33. The van der Waals surface area contributed by atoms with E-state index in [0.717, 1.165) is 16.7 Å². The monoisotopic (exact) mass is 352 g/mol. The van der Waals surface area contributed by atoms with E-state index in [-0.39, 0.29) is 10.8 Å². The Labute approximate surface area is 136 Å². The molecule has 0 N–H and O–H groups in total. The Hall–Kier alpha value is -2.31. The van der Waals surface area contributed by atoms with Crippen molar-refractivity contribution < 1.29 is 13.2 Å². The molecule has 3 aromatic heterocycles. The van der Waals surface area contributed by atoms with Crippen LogP contribution in [0.5, 0.6) is 0 Å². The van der Waals surface area contributed by atoms with Gasteiger partial charge in [-0.1, -0.05) is 0 Å². The van der Waals surface area contributed by atoms with E-state index in [4.69, 9.17) is 5.26 Å². The van der Waals surface area contributed by atoms with Crippen LogP contribution in [0.15, 0.2) is 22.9 Å². The SMILES string of the molecule is Cc1cc(-c2ccsc2C#N)nc(-c2nc(C(F)(F)F)cs2)n1. The fourth-order valence-corrected chi connectivity index (χ4v) is 3.36. The molecule has 0 amide bonds. The summed E-state index contributed by atoms with van der Waals surface area (Å²) in [6.45, 7) is 1.71.